The van der Waals surface area contributed by atoms with Crippen LogP contribution in [0.4, 0.5) is 10.5 Å². The first kappa shape index (κ1) is 42.0. The molecule has 3 aliphatic heterocycles. The third kappa shape index (κ3) is 8.74. The Balaban J connectivity index is 1.00. The molecule has 1 amide bonds. The lowest BCUT2D eigenvalue weighted by Crippen LogP contribution is -2.59. The molecule has 0 saturated carbocycles. The summed E-state index contributed by atoms with van der Waals surface area (Å²) in [5.41, 5.74) is 6.62. The number of aromatic hydroxyl groups is 1. The number of imidazole rings is 1. The highest BCUT2D eigenvalue weighted by Gasteiger charge is 2.41. The molecule has 5 heterocycles. The zero-order valence-corrected chi connectivity index (χ0v) is 36.6. The van der Waals surface area contributed by atoms with E-state index in [2.05, 4.69) is 54.0 Å². The van der Waals surface area contributed by atoms with Crippen LogP contribution >= 0.6 is 0 Å². The van der Waals surface area contributed by atoms with E-state index in [1.165, 1.54) is 6.07 Å². The second-order valence-corrected chi connectivity index (χ2v) is 22.8. The van der Waals surface area contributed by atoms with Crippen molar-refractivity contribution < 1.29 is 19.4 Å². The maximum absolute atomic E-state index is 13.3. The summed E-state index contributed by atoms with van der Waals surface area (Å²) >= 11 is 0. The van der Waals surface area contributed by atoms with Crippen molar-refractivity contribution in [1.29, 1.82) is 0 Å². The van der Waals surface area contributed by atoms with Crippen molar-refractivity contribution in [3.05, 3.63) is 135 Å². The number of aromatic amines is 2. The summed E-state index contributed by atoms with van der Waals surface area (Å²) < 4.78 is 8.67. The molecule has 2 bridgehead atoms. The molecule has 2 aromatic heterocycles. The maximum Gasteiger partial charge on any atom is 0.412 e. The number of allylic oxidation sites excluding steroid dienone is 1. The number of fused-ring (bicyclic) bond motifs is 5. The average molecular weight is 841 g/mol. The van der Waals surface area contributed by atoms with Crippen LogP contribution in [0.1, 0.15) is 56.4 Å². The van der Waals surface area contributed by atoms with Gasteiger partial charge in [0, 0.05) is 43.2 Å². The number of phenolic OH excluding ortho intramolecular Hbond substituents is 1. The second kappa shape index (κ2) is 17.0. The van der Waals surface area contributed by atoms with Crippen LogP contribution in [0.25, 0.3) is 39.1 Å². The van der Waals surface area contributed by atoms with Crippen molar-refractivity contribution in [2.75, 3.05) is 31.1 Å². The molecule has 3 aliphatic rings. The quantitative estimate of drug-likeness (QED) is 0.0724. The standard InChI is InChI=1S/C48H56N6O6Si/c1-48(2,3)61(4,5)60-43(36-16-19-42(55)45-37(36)17-20-44(56)51-45)29-49-28-32-14-18-39-38(26-32)50-46(57)53(39)23-9-10-31-13-15-35(33-11-7-6-8-12-33)40(27-31)54(47(58)59)41-30-52-24-21-34(41)22-25-52/h6-20,26-27,34,41,43,49,55H,21-25,28-30H2,1-5H3,(H,50,57)(H,51,56)(H,58,59)/t41-,43-/m0/s1. The van der Waals surface area contributed by atoms with Crippen LogP contribution in [0.3, 0.4) is 0 Å². The van der Waals surface area contributed by atoms with Crippen LogP contribution in [-0.4, -0.2) is 76.3 Å². The monoisotopic (exact) mass is 840 g/mol. The fourth-order valence-corrected chi connectivity index (χ4v) is 10.1. The van der Waals surface area contributed by atoms with Crippen LogP contribution in [0.5, 0.6) is 5.75 Å². The van der Waals surface area contributed by atoms with Gasteiger partial charge in [-0.15, -0.1) is 0 Å². The molecule has 4 aromatic carbocycles. The van der Waals surface area contributed by atoms with Gasteiger partial charge in [-0.3, -0.25) is 14.3 Å². The number of H-pyrrole nitrogens is 2. The number of hydrogen-bond acceptors (Lipinski definition) is 7. The Bertz CT molecular complexity index is 2710. The van der Waals surface area contributed by atoms with Crippen molar-refractivity contribution in [3.8, 4) is 16.9 Å². The van der Waals surface area contributed by atoms with Gasteiger partial charge in [0.25, 0.3) is 0 Å². The largest absolute Gasteiger partial charge is 0.506 e. The summed E-state index contributed by atoms with van der Waals surface area (Å²) in [4.78, 5) is 48.3. The zero-order chi connectivity index (χ0) is 43.1. The Labute approximate surface area is 356 Å². The molecule has 318 valence electrons. The number of piperidine rings is 3. The van der Waals surface area contributed by atoms with Crippen LogP contribution in [0.15, 0.2) is 107 Å². The first-order valence-corrected chi connectivity index (χ1v) is 24.1. The maximum atomic E-state index is 13.3. The van der Waals surface area contributed by atoms with E-state index in [0.717, 1.165) is 76.7 Å². The number of nitrogens with zero attached hydrogens (tertiary/aromatic N) is 3. The van der Waals surface area contributed by atoms with Gasteiger partial charge in [0.2, 0.25) is 5.56 Å². The van der Waals surface area contributed by atoms with Gasteiger partial charge in [-0.05, 0) is 103 Å². The number of nitrogens with one attached hydrogen (secondary N) is 3. The molecule has 0 spiro atoms. The molecular formula is C48H56N6O6Si. The SMILES string of the molecule is CC(C)(C)[Si](C)(C)O[C@@H](CNCc1ccc2c(c1)[nH]c(=O)n2CC=Cc1ccc(-c2ccccc2)c(N(C(=O)O)[C@H]2CN3CCC2CC3)c1)c1ccc(O)c2[nH]c(=O)ccc12. The molecule has 6 aromatic rings. The minimum Gasteiger partial charge on any atom is -0.506 e. The normalized spacial score (nSPS) is 18.6. The van der Waals surface area contributed by atoms with E-state index in [1.807, 2.05) is 84.9 Å². The Hall–Kier alpha value is -5.73. The molecule has 61 heavy (non-hydrogen) atoms. The highest BCUT2D eigenvalue weighted by atomic mass is 28.4. The Morgan fingerprint density at radius 2 is 1.75 bits per heavy atom. The summed E-state index contributed by atoms with van der Waals surface area (Å²) in [6.07, 6.45) is 4.60. The van der Waals surface area contributed by atoms with E-state index >= 15 is 0 Å². The molecule has 0 aliphatic carbocycles. The number of aromatic nitrogens is 3. The van der Waals surface area contributed by atoms with Crippen LogP contribution < -0.4 is 21.5 Å². The zero-order valence-electron chi connectivity index (χ0n) is 35.6. The van der Waals surface area contributed by atoms with Gasteiger partial charge in [0.1, 0.15) is 5.75 Å². The van der Waals surface area contributed by atoms with Gasteiger partial charge in [-0.2, -0.15) is 0 Å². The number of amides is 1. The molecule has 3 fully saturated rings. The number of rotatable bonds is 13. The summed E-state index contributed by atoms with van der Waals surface area (Å²) in [7, 11) is -2.25. The Morgan fingerprint density at radius 3 is 2.46 bits per heavy atom. The molecule has 13 heteroatoms. The minimum absolute atomic E-state index is 0.00813. The van der Waals surface area contributed by atoms with Crippen molar-refractivity contribution in [3.63, 3.8) is 0 Å². The average Bonchev–Trinajstić information content (AvgIpc) is 3.54. The molecule has 2 atom stereocenters. The van der Waals surface area contributed by atoms with Gasteiger partial charge in [-0.25, -0.2) is 9.59 Å². The van der Waals surface area contributed by atoms with Crippen LogP contribution in [0, 0.1) is 5.92 Å². The fourth-order valence-electron chi connectivity index (χ4n) is 8.79. The number of carbonyl (C=O) groups is 1. The lowest BCUT2D eigenvalue weighted by molar-refractivity contribution is 0.0838. The van der Waals surface area contributed by atoms with E-state index in [1.54, 1.807) is 21.6 Å². The number of carboxylic acid groups (broad SMARTS) is 1. The molecule has 12 nitrogen and oxygen atoms in total. The molecular weight excluding hydrogens is 785 g/mol. The predicted molar refractivity (Wildman–Crippen MR) is 246 cm³/mol. The van der Waals surface area contributed by atoms with Crippen molar-refractivity contribution >= 4 is 48.1 Å². The van der Waals surface area contributed by atoms with E-state index in [4.69, 9.17) is 4.43 Å². The lowest BCUT2D eigenvalue weighted by atomic mass is 9.82. The van der Waals surface area contributed by atoms with Crippen LogP contribution in [-0.2, 0) is 17.5 Å². The summed E-state index contributed by atoms with van der Waals surface area (Å²) in [5.74, 6) is 0.334. The first-order valence-electron chi connectivity index (χ1n) is 21.2. The smallest absolute Gasteiger partial charge is 0.412 e. The van der Waals surface area contributed by atoms with E-state index in [9.17, 15) is 24.6 Å². The van der Waals surface area contributed by atoms with E-state index < -0.39 is 14.4 Å². The number of phenols is 1. The van der Waals surface area contributed by atoms with Crippen LogP contribution in [0.2, 0.25) is 18.1 Å². The van der Waals surface area contributed by atoms with Gasteiger partial charge in [-0.1, -0.05) is 87.5 Å². The van der Waals surface area contributed by atoms with Crippen molar-refractivity contribution in [1.82, 2.24) is 24.8 Å². The van der Waals surface area contributed by atoms with E-state index in [0.29, 0.717) is 36.8 Å². The highest BCUT2D eigenvalue weighted by Crippen LogP contribution is 2.42. The third-order valence-corrected chi connectivity index (χ3v) is 17.6. The summed E-state index contributed by atoms with van der Waals surface area (Å²) in [6.45, 7) is 15.1. The Kier molecular flexibility index (Phi) is 11.7. The second-order valence-electron chi connectivity index (χ2n) is 18.1. The van der Waals surface area contributed by atoms with Gasteiger partial charge in [0.05, 0.1) is 34.4 Å². The minimum atomic E-state index is -2.25. The molecule has 3 saturated heterocycles. The molecule has 0 unspecified atom stereocenters. The number of benzene rings is 4. The number of anilines is 1. The first-order chi connectivity index (χ1) is 29.2. The summed E-state index contributed by atoms with van der Waals surface area (Å²) in [5, 5.41) is 25.5. The van der Waals surface area contributed by atoms with Gasteiger partial charge < -0.3 is 34.8 Å². The fraction of sp³-hybridized carbons (Fsp3) is 0.354. The molecule has 9 rings (SSSR count). The Morgan fingerprint density at radius 1 is 0.984 bits per heavy atom. The van der Waals surface area contributed by atoms with Crippen molar-refractivity contribution in [2.45, 2.75) is 77.0 Å². The van der Waals surface area contributed by atoms with E-state index in [-0.39, 0.29) is 34.2 Å². The number of pyridine rings is 1. The number of hydrogen-bond donors (Lipinski definition) is 5. The topological polar surface area (TPSA) is 156 Å². The highest BCUT2D eigenvalue weighted by molar-refractivity contribution is 6.74. The third-order valence-electron chi connectivity index (χ3n) is 13.1. The molecule has 5 N–H and O–H groups in total. The van der Waals surface area contributed by atoms with Gasteiger partial charge >= 0.3 is 11.8 Å². The predicted octanol–water partition coefficient (Wildman–Crippen LogP) is 8.69. The van der Waals surface area contributed by atoms with Gasteiger partial charge in [0.15, 0.2) is 8.32 Å². The summed E-state index contributed by atoms with van der Waals surface area (Å²) in [6, 6.07) is 28.4. The molecule has 0 radical (unpaired) electrons. The van der Waals surface area contributed by atoms with Crippen molar-refractivity contribution in [2.24, 2.45) is 5.92 Å². The lowest BCUT2D eigenvalue weighted by Gasteiger charge is -2.48.